The summed E-state index contributed by atoms with van der Waals surface area (Å²) in [5.41, 5.74) is 2.19. The van der Waals surface area contributed by atoms with Gasteiger partial charge in [-0.3, -0.25) is 0 Å². The number of aromatic nitrogens is 2. The van der Waals surface area contributed by atoms with Crippen molar-refractivity contribution in [3.63, 3.8) is 0 Å². The summed E-state index contributed by atoms with van der Waals surface area (Å²) in [5.74, 6) is 4.54. The molecule has 1 aromatic heterocycles. The minimum absolute atomic E-state index is 0.760. The summed E-state index contributed by atoms with van der Waals surface area (Å²) in [5, 5.41) is 3.65. The Balaban J connectivity index is 2.48. The van der Waals surface area contributed by atoms with Gasteiger partial charge in [0.05, 0.1) is 6.20 Å². The molecule has 0 spiro atoms. The van der Waals surface area contributed by atoms with E-state index in [0.717, 1.165) is 0 Å². The average Bonchev–Trinajstić information content (AvgIpc) is 2.40. The lowest BCUT2D eigenvalue weighted by atomic mass is 10.8. The molecule has 1 heterocycles. The second-order valence-corrected chi connectivity index (χ2v) is 1.47. The molecule has 0 aliphatic carbocycles. The lowest BCUT2D eigenvalue weighted by molar-refractivity contribution is 0.159. The van der Waals surface area contributed by atoms with Crippen LogP contribution in [0.3, 0.4) is 0 Å². The van der Waals surface area contributed by atoms with Gasteiger partial charge in [0, 0.05) is 6.20 Å². The zero-order valence-corrected chi connectivity index (χ0v) is 5.02. The van der Waals surface area contributed by atoms with E-state index in [1.165, 1.54) is 17.2 Å². The van der Waals surface area contributed by atoms with Crippen molar-refractivity contribution in [3.8, 4) is 0 Å². The first-order valence-electron chi connectivity index (χ1n) is 2.50. The Labute approximate surface area is 56.5 Å². The predicted molar refractivity (Wildman–Crippen MR) is 32.3 cm³/mol. The number of nitrogens with zero attached hydrogens (tertiary/aromatic N) is 2. The van der Waals surface area contributed by atoms with Crippen molar-refractivity contribution in [2.75, 3.05) is 5.43 Å². The van der Waals surface area contributed by atoms with Gasteiger partial charge in [-0.15, -0.1) is 0 Å². The number of hydrogen-bond acceptors (Lipinski definition) is 4. The zero-order valence-electron chi connectivity index (χ0n) is 5.02. The van der Waals surface area contributed by atoms with Gasteiger partial charge in [0.1, 0.15) is 0 Å². The molecule has 0 saturated carbocycles. The van der Waals surface area contributed by atoms with Gasteiger partial charge >= 0.3 is 6.09 Å². The van der Waals surface area contributed by atoms with Crippen molar-refractivity contribution in [2.24, 2.45) is 5.90 Å². The van der Waals surface area contributed by atoms with Crippen LogP contribution < -0.4 is 11.3 Å². The van der Waals surface area contributed by atoms with Crippen molar-refractivity contribution < 1.29 is 9.63 Å². The van der Waals surface area contributed by atoms with Crippen molar-refractivity contribution in [3.05, 3.63) is 18.5 Å². The third kappa shape index (κ3) is 1.46. The largest absolute Gasteiger partial charge is 0.446 e. The highest BCUT2D eigenvalue weighted by Crippen LogP contribution is 1.79. The molecule has 0 saturated heterocycles. The second kappa shape index (κ2) is 2.83. The van der Waals surface area contributed by atoms with Gasteiger partial charge in [-0.2, -0.15) is 15.8 Å². The van der Waals surface area contributed by atoms with Crippen molar-refractivity contribution in [1.82, 2.24) is 9.89 Å². The molecule has 0 aromatic carbocycles. The molecule has 1 amide bonds. The molecule has 1 aromatic rings. The van der Waals surface area contributed by atoms with Gasteiger partial charge in [-0.05, 0) is 6.07 Å². The number of rotatable bonds is 1. The Morgan fingerprint density at radius 2 is 2.60 bits per heavy atom. The van der Waals surface area contributed by atoms with E-state index in [1.807, 2.05) is 0 Å². The molecular weight excluding hydrogens is 136 g/mol. The van der Waals surface area contributed by atoms with Crippen LogP contribution >= 0.6 is 0 Å². The van der Waals surface area contributed by atoms with Gasteiger partial charge in [-0.1, -0.05) is 0 Å². The number of nitrogens with two attached hydrogens (primary N) is 1. The summed E-state index contributed by atoms with van der Waals surface area (Å²) in [6, 6.07) is 1.65. The molecule has 54 valence electrons. The summed E-state index contributed by atoms with van der Waals surface area (Å²) in [6.45, 7) is 0. The highest BCUT2D eigenvalue weighted by molar-refractivity contribution is 5.75. The molecular formula is C4H6N4O2. The summed E-state index contributed by atoms with van der Waals surface area (Å²) in [6.07, 6.45) is 2.29. The smallest absolute Gasteiger partial charge is 0.355 e. The van der Waals surface area contributed by atoms with E-state index in [-0.39, 0.29) is 0 Å². The van der Waals surface area contributed by atoms with Crippen LogP contribution in [0.2, 0.25) is 0 Å². The van der Waals surface area contributed by atoms with Crippen LogP contribution in [-0.2, 0) is 4.84 Å². The van der Waals surface area contributed by atoms with E-state index in [2.05, 4.69) is 21.3 Å². The SMILES string of the molecule is NOC(=O)Nn1cccn1. The van der Waals surface area contributed by atoms with Crippen molar-refractivity contribution in [1.29, 1.82) is 0 Å². The van der Waals surface area contributed by atoms with Gasteiger partial charge in [0.15, 0.2) is 0 Å². The summed E-state index contributed by atoms with van der Waals surface area (Å²) >= 11 is 0. The summed E-state index contributed by atoms with van der Waals surface area (Å²) in [4.78, 5) is 15.3. The van der Waals surface area contributed by atoms with Gasteiger partial charge < -0.3 is 4.84 Å². The fraction of sp³-hybridized carbons (Fsp3) is 0. The predicted octanol–water partition coefficient (Wildman–Crippen LogP) is -0.563. The molecule has 0 aliphatic rings. The number of carbonyl (C=O) groups excluding carboxylic acids is 1. The van der Waals surface area contributed by atoms with Gasteiger partial charge in [0.25, 0.3) is 0 Å². The van der Waals surface area contributed by atoms with Gasteiger partial charge in [0.2, 0.25) is 0 Å². The highest BCUT2D eigenvalue weighted by atomic mass is 16.7. The Bertz CT molecular complexity index is 207. The standard InChI is InChI=1S/C4H6N4O2/c5-10-4(9)7-8-3-1-2-6-8/h1-3H,5H2,(H,7,9). The first-order valence-corrected chi connectivity index (χ1v) is 2.50. The van der Waals surface area contributed by atoms with Crippen LogP contribution in [0.5, 0.6) is 0 Å². The Morgan fingerprint density at radius 3 is 3.10 bits per heavy atom. The van der Waals surface area contributed by atoms with E-state index >= 15 is 0 Å². The molecule has 0 atom stereocenters. The lowest BCUT2D eigenvalue weighted by Crippen LogP contribution is -2.26. The average molecular weight is 142 g/mol. The molecule has 6 heteroatoms. The molecule has 0 fully saturated rings. The fourth-order valence-electron chi connectivity index (χ4n) is 0.455. The molecule has 0 unspecified atom stereocenters. The Kier molecular flexibility index (Phi) is 1.86. The van der Waals surface area contributed by atoms with Crippen LogP contribution in [0, 0.1) is 0 Å². The van der Waals surface area contributed by atoms with Crippen LogP contribution in [-0.4, -0.2) is 16.0 Å². The zero-order chi connectivity index (χ0) is 7.40. The number of hydrogen-bond donors (Lipinski definition) is 2. The van der Waals surface area contributed by atoms with E-state index in [1.54, 1.807) is 6.07 Å². The molecule has 3 N–H and O–H groups in total. The number of carbonyl (C=O) groups is 1. The van der Waals surface area contributed by atoms with Crippen LogP contribution in [0.15, 0.2) is 18.5 Å². The minimum atomic E-state index is -0.760. The molecule has 10 heavy (non-hydrogen) atoms. The number of nitrogens with one attached hydrogen (secondary N) is 1. The second-order valence-electron chi connectivity index (χ2n) is 1.47. The third-order valence-corrected chi connectivity index (χ3v) is 0.817. The first kappa shape index (κ1) is 6.56. The number of amides is 1. The van der Waals surface area contributed by atoms with E-state index in [9.17, 15) is 4.79 Å². The monoisotopic (exact) mass is 142 g/mol. The maximum atomic E-state index is 10.4. The van der Waals surface area contributed by atoms with Crippen LogP contribution in [0.25, 0.3) is 0 Å². The maximum absolute atomic E-state index is 10.4. The highest BCUT2D eigenvalue weighted by Gasteiger charge is 1.97. The maximum Gasteiger partial charge on any atom is 0.446 e. The Hall–Kier alpha value is -1.56. The first-order chi connectivity index (χ1) is 4.83. The molecule has 1 rings (SSSR count). The van der Waals surface area contributed by atoms with Crippen LogP contribution in [0.1, 0.15) is 0 Å². The summed E-state index contributed by atoms with van der Waals surface area (Å²) in [7, 11) is 0. The molecule has 6 nitrogen and oxygen atoms in total. The third-order valence-electron chi connectivity index (χ3n) is 0.817. The van der Waals surface area contributed by atoms with Crippen molar-refractivity contribution >= 4 is 6.09 Å². The lowest BCUT2D eigenvalue weighted by Gasteiger charge is -1.99. The Morgan fingerprint density at radius 1 is 1.80 bits per heavy atom. The minimum Gasteiger partial charge on any atom is -0.355 e. The molecule has 0 radical (unpaired) electrons. The van der Waals surface area contributed by atoms with Gasteiger partial charge in [-0.25, -0.2) is 10.2 Å². The van der Waals surface area contributed by atoms with E-state index < -0.39 is 6.09 Å². The van der Waals surface area contributed by atoms with Crippen molar-refractivity contribution in [2.45, 2.75) is 0 Å². The fourth-order valence-corrected chi connectivity index (χ4v) is 0.455. The topological polar surface area (TPSA) is 82.2 Å². The normalized spacial score (nSPS) is 8.90. The molecule has 0 bridgehead atoms. The summed E-state index contributed by atoms with van der Waals surface area (Å²) < 4.78 is 0. The van der Waals surface area contributed by atoms with E-state index in [0.29, 0.717) is 0 Å². The molecule has 0 aliphatic heterocycles. The van der Waals surface area contributed by atoms with E-state index in [4.69, 9.17) is 0 Å². The quantitative estimate of drug-likeness (QED) is 0.515. The van der Waals surface area contributed by atoms with Crippen LogP contribution in [0.4, 0.5) is 4.79 Å².